The molecule has 0 aliphatic carbocycles. The average molecular weight is 334 g/mol. The van der Waals surface area contributed by atoms with Crippen LogP contribution in [-0.2, 0) is 11.3 Å². The Labute approximate surface area is 137 Å². The first-order valence-electron chi connectivity index (χ1n) is 6.85. The van der Waals surface area contributed by atoms with Crippen molar-refractivity contribution in [1.29, 1.82) is 0 Å². The number of aromatic hydroxyl groups is 1. The Morgan fingerprint density at radius 3 is 2.50 bits per heavy atom. The van der Waals surface area contributed by atoms with Gasteiger partial charge in [-0.15, -0.1) is 0 Å². The molecule has 0 radical (unpaired) electrons. The van der Waals surface area contributed by atoms with Crippen molar-refractivity contribution in [2.45, 2.75) is 6.54 Å². The molecule has 0 bridgehead atoms. The van der Waals surface area contributed by atoms with E-state index in [0.717, 1.165) is 7.11 Å². The number of pyridine rings is 1. The second kappa shape index (κ2) is 7.40. The van der Waals surface area contributed by atoms with Crippen LogP contribution in [0, 0.1) is 5.82 Å². The van der Waals surface area contributed by atoms with Gasteiger partial charge in [0.2, 0.25) is 0 Å². The molecule has 24 heavy (non-hydrogen) atoms. The molecule has 0 atom stereocenters. The zero-order valence-corrected chi connectivity index (χ0v) is 13.0. The van der Waals surface area contributed by atoms with Crippen molar-refractivity contribution in [3.63, 3.8) is 0 Å². The Morgan fingerprint density at radius 2 is 1.92 bits per heavy atom. The monoisotopic (exact) mass is 334 g/mol. The number of esters is 1. The summed E-state index contributed by atoms with van der Waals surface area (Å²) in [5, 5.41) is 12.5. The van der Waals surface area contributed by atoms with Gasteiger partial charge in [-0.1, -0.05) is 12.1 Å². The highest BCUT2D eigenvalue weighted by Crippen LogP contribution is 2.29. The number of methoxy groups -OCH3 is 2. The summed E-state index contributed by atoms with van der Waals surface area (Å²) in [6.07, 6.45) is 0. The first-order valence-corrected chi connectivity index (χ1v) is 6.85. The first-order chi connectivity index (χ1) is 11.5. The number of amides is 1. The fourth-order valence-corrected chi connectivity index (χ4v) is 1.90. The van der Waals surface area contributed by atoms with Crippen molar-refractivity contribution in [3.8, 4) is 11.5 Å². The quantitative estimate of drug-likeness (QED) is 0.807. The highest BCUT2D eigenvalue weighted by molar-refractivity contribution is 5.96. The maximum absolute atomic E-state index is 12.8. The SMILES string of the molecule is COC(=O)c1nc(C(=O)NCc2ccc(F)cc2)cc(OC)c1O. The normalized spacial score (nSPS) is 10.1. The molecule has 1 amide bonds. The zero-order chi connectivity index (χ0) is 17.7. The van der Waals surface area contributed by atoms with Crippen LogP contribution in [-0.4, -0.2) is 36.2 Å². The molecule has 7 nitrogen and oxygen atoms in total. The standard InChI is InChI=1S/C16H15FN2O5/c1-23-12-7-11(19-13(14(12)20)16(22)24-2)15(21)18-8-9-3-5-10(17)6-4-9/h3-7,20H,8H2,1-2H3,(H,18,21). The summed E-state index contributed by atoms with van der Waals surface area (Å²) >= 11 is 0. The van der Waals surface area contributed by atoms with Crippen molar-refractivity contribution in [2.75, 3.05) is 14.2 Å². The van der Waals surface area contributed by atoms with Crippen molar-refractivity contribution < 1.29 is 28.6 Å². The summed E-state index contributed by atoms with van der Waals surface area (Å²) in [7, 11) is 2.40. The zero-order valence-electron chi connectivity index (χ0n) is 13.0. The lowest BCUT2D eigenvalue weighted by Gasteiger charge is -2.10. The molecule has 8 heteroatoms. The fourth-order valence-electron chi connectivity index (χ4n) is 1.90. The van der Waals surface area contributed by atoms with E-state index in [9.17, 15) is 19.1 Å². The van der Waals surface area contributed by atoms with Gasteiger partial charge in [-0.3, -0.25) is 4.79 Å². The Kier molecular flexibility index (Phi) is 5.31. The molecule has 2 rings (SSSR count). The summed E-state index contributed by atoms with van der Waals surface area (Å²) in [5.74, 6) is -2.48. The number of ether oxygens (including phenoxy) is 2. The molecule has 2 N–H and O–H groups in total. The summed E-state index contributed by atoms with van der Waals surface area (Å²) in [6.45, 7) is 0.136. The number of nitrogens with one attached hydrogen (secondary N) is 1. The third kappa shape index (κ3) is 3.78. The number of carbonyl (C=O) groups excluding carboxylic acids is 2. The molecule has 0 saturated carbocycles. The smallest absolute Gasteiger partial charge is 0.360 e. The molecule has 1 aromatic heterocycles. The van der Waals surface area contributed by atoms with Crippen LogP contribution in [0.5, 0.6) is 11.5 Å². The second-order valence-electron chi connectivity index (χ2n) is 4.71. The molecule has 2 aromatic rings. The van der Waals surface area contributed by atoms with E-state index in [1.807, 2.05) is 0 Å². The van der Waals surface area contributed by atoms with Crippen molar-refractivity contribution in [2.24, 2.45) is 0 Å². The van der Waals surface area contributed by atoms with E-state index in [1.165, 1.54) is 37.4 Å². The van der Waals surface area contributed by atoms with Crippen molar-refractivity contribution in [3.05, 3.63) is 53.1 Å². The number of nitrogens with zero attached hydrogens (tertiary/aromatic N) is 1. The Bertz CT molecular complexity index is 762. The van der Waals surface area contributed by atoms with Crippen LogP contribution >= 0.6 is 0 Å². The number of aromatic nitrogens is 1. The van der Waals surface area contributed by atoms with E-state index in [1.54, 1.807) is 0 Å². The van der Waals surface area contributed by atoms with Crippen LogP contribution in [0.2, 0.25) is 0 Å². The molecule has 1 aromatic carbocycles. The van der Waals surface area contributed by atoms with Crippen molar-refractivity contribution in [1.82, 2.24) is 10.3 Å². The topological polar surface area (TPSA) is 97.8 Å². The number of carbonyl (C=O) groups is 2. The lowest BCUT2D eigenvalue weighted by Crippen LogP contribution is -2.24. The second-order valence-corrected chi connectivity index (χ2v) is 4.71. The predicted molar refractivity (Wildman–Crippen MR) is 81.4 cm³/mol. The maximum Gasteiger partial charge on any atom is 0.360 e. The van der Waals surface area contributed by atoms with Gasteiger partial charge in [-0.25, -0.2) is 14.2 Å². The van der Waals surface area contributed by atoms with Gasteiger partial charge < -0.3 is 19.9 Å². The summed E-state index contributed by atoms with van der Waals surface area (Å²) < 4.78 is 22.3. The van der Waals surface area contributed by atoms with Crippen LogP contribution < -0.4 is 10.1 Å². The number of benzene rings is 1. The number of hydrogen-bond acceptors (Lipinski definition) is 6. The molecule has 0 saturated heterocycles. The lowest BCUT2D eigenvalue weighted by molar-refractivity contribution is 0.0589. The highest BCUT2D eigenvalue weighted by atomic mass is 19.1. The van der Waals surface area contributed by atoms with E-state index in [0.29, 0.717) is 5.56 Å². The summed E-state index contributed by atoms with van der Waals surface area (Å²) in [5.41, 5.74) is 0.125. The van der Waals surface area contributed by atoms with E-state index < -0.39 is 23.3 Å². The Morgan fingerprint density at radius 1 is 1.25 bits per heavy atom. The van der Waals surface area contributed by atoms with Gasteiger partial charge in [0.1, 0.15) is 11.5 Å². The maximum atomic E-state index is 12.8. The minimum absolute atomic E-state index is 0.0858. The van der Waals surface area contributed by atoms with Crippen LogP contribution in [0.1, 0.15) is 26.5 Å². The third-order valence-corrected chi connectivity index (χ3v) is 3.16. The molecule has 126 valence electrons. The van der Waals surface area contributed by atoms with Gasteiger partial charge in [-0.05, 0) is 17.7 Å². The van der Waals surface area contributed by atoms with Crippen LogP contribution in [0.4, 0.5) is 4.39 Å². The Hall–Kier alpha value is -3.16. The van der Waals surface area contributed by atoms with Gasteiger partial charge in [0, 0.05) is 12.6 Å². The number of halogens is 1. The molecular formula is C16H15FN2O5. The molecule has 0 unspecified atom stereocenters. The van der Waals surface area contributed by atoms with Gasteiger partial charge in [-0.2, -0.15) is 0 Å². The molecule has 0 spiro atoms. The largest absolute Gasteiger partial charge is 0.503 e. The van der Waals surface area contributed by atoms with Crippen LogP contribution in [0.25, 0.3) is 0 Å². The summed E-state index contributed by atoms with van der Waals surface area (Å²) in [4.78, 5) is 27.6. The minimum atomic E-state index is -0.904. The summed E-state index contributed by atoms with van der Waals surface area (Å²) in [6, 6.07) is 6.81. The van der Waals surface area contributed by atoms with E-state index in [2.05, 4.69) is 15.0 Å². The Balaban J connectivity index is 2.22. The van der Waals surface area contributed by atoms with E-state index in [-0.39, 0.29) is 23.8 Å². The van der Waals surface area contributed by atoms with Crippen LogP contribution in [0.15, 0.2) is 30.3 Å². The van der Waals surface area contributed by atoms with Crippen molar-refractivity contribution >= 4 is 11.9 Å². The first kappa shape index (κ1) is 17.2. The van der Waals surface area contributed by atoms with Gasteiger partial charge in [0.25, 0.3) is 5.91 Å². The molecular weight excluding hydrogens is 319 g/mol. The van der Waals surface area contributed by atoms with Crippen LogP contribution in [0.3, 0.4) is 0 Å². The third-order valence-electron chi connectivity index (χ3n) is 3.16. The lowest BCUT2D eigenvalue weighted by atomic mass is 10.2. The number of rotatable bonds is 5. The predicted octanol–water partition coefficient (Wildman–Crippen LogP) is 1.65. The van der Waals surface area contributed by atoms with E-state index >= 15 is 0 Å². The highest BCUT2D eigenvalue weighted by Gasteiger charge is 2.22. The molecule has 0 aliphatic rings. The van der Waals surface area contributed by atoms with Gasteiger partial charge >= 0.3 is 5.97 Å². The van der Waals surface area contributed by atoms with Gasteiger partial charge in [0.05, 0.1) is 14.2 Å². The fraction of sp³-hybridized carbons (Fsp3) is 0.188. The van der Waals surface area contributed by atoms with Gasteiger partial charge in [0.15, 0.2) is 17.2 Å². The number of hydrogen-bond donors (Lipinski definition) is 2. The molecule has 0 fully saturated rings. The average Bonchev–Trinajstić information content (AvgIpc) is 2.60. The molecule has 1 heterocycles. The van der Waals surface area contributed by atoms with E-state index in [4.69, 9.17) is 4.74 Å². The molecule has 0 aliphatic heterocycles. The minimum Gasteiger partial charge on any atom is -0.503 e.